The minimum Gasteiger partial charge on any atom is -0.386 e. The molecule has 1 aliphatic heterocycles. The van der Waals surface area contributed by atoms with Crippen molar-refractivity contribution in [3.63, 3.8) is 0 Å². The first-order valence-corrected chi connectivity index (χ1v) is 5.23. The highest BCUT2D eigenvalue weighted by atomic mass is 35.5. The zero-order valence-electron chi connectivity index (χ0n) is 8.70. The standard InChI is InChI=1S/C11H11ClFNO2/c1-11(16)5-14(6-11)10(15)7-2-3-9(13)8(12)4-7/h2-4,16H,5-6H2,1H3. The highest BCUT2D eigenvalue weighted by Crippen LogP contribution is 2.23. The van der Waals surface area contributed by atoms with E-state index in [1.165, 1.54) is 17.0 Å². The lowest BCUT2D eigenvalue weighted by molar-refractivity contribution is -0.0668. The van der Waals surface area contributed by atoms with Crippen LogP contribution in [0, 0.1) is 5.82 Å². The van der Waals surface area contributed by atoms with E-state index in [4.69, 9.17) is 11.6 Å². The molecule has 1 heterocycles. The van der Waals surface area contributed by atoms with Crippen LogP contribution in [0.4, 0.5) is 4.39 Å². The Morgan fingerprint density at radius 1 is 1.56 bits per heavy atom. The Balaban J connectivity index is 2.13. The Hall–Kier alpha value is -1.13. The van der Waals surface area contributed by atoms with Crippen molar-refractivity contribution in [3.8, 4) is 0 Å². The molecule has 16 heavy (non-hydrogen) atoms. The van der Waals surface area contributed by atoms with Crippen LogP contribution >= 0.6 is 11.6 Å². The molecule has 2 rings (SSSR count). The van der Waals surface area contributed by atoms with Crippen LogP contribution in [0.1, 0.15) is 17.3 Å². The SMILES string of the molecule is CC1(O)CN(C(=O)c2ccc(F)c(Cl)c2)C1. The van der Waals surface area contributed by atoms with Crippen LogP contribution in [-0.2, 0) is 0 Å². The van der Waals surface area contributed by atoms with Crippen molar-refractivity contribution >= 4 is 17.5 Å². The topological polar surface area (TPSA) is 40.5 Å². The van der Waals surface area contributed by atoms with E-state index >= 15 is 0 Å². The summed E-state index contributed by atoms with van der Waals surface area (Å²) in [5.74, 6) is -0.790. The summed E-state index contributed by atoms with van der Waals surface area (Å²) in [6.45, 7) is 2.25. The molecular weight excluding hydrogens is 233 g/mol. The van der Waals surface area contributed by atoms with E-state index in [2.05, 4.69) is 0 Å². The first-order chi connectivity index (χ1) is 7.39. The highest BCUT2D eigenvalue weighted by molar-refractivity contribution is 6.31. The number of amides is 1. The van der Waals surface area contributed by atoms with Gasteiger partial charge < -0.3 is 10.0 Å². The summed E-state index contributed by atoms with van der Waals surface area (Å²) in [5.41, 5.74) is -0.471. The quantitative estimate of drug-likeness (QED) is 0.815. The second-order valence-electron chi connectivity index (χ2n) is 4.29. The molecular formula is C11H11ClFNO2. The first-order valence-electron chi connectivity index (χ1n) is 4.86. The lowest BCUT2D eigenvalue weighted by atomic mass is 9.96. The zero-order chi connectivity index (χ0) is 11.9. The average Bonchev–Trinajstić information content (AvgIpc) is 2.17. The van der Waals surface area contributed by atoms with Gasteiger partial charge in [-0.05, 0) is 25.1 Å². The summed E-state index contributed by atoms with van der Waals surface area (Å²) in [7, 11) is 0. The van der Waals surface area contributed by atoms with Crippen LogP contribution in [0.2, 0.25) is 5.02 Å². The molecule has 1 saturated heterocycles. The molecule has 0 unspecified atom stereocenters. The highest BCUT2D eigenvalue weighted by Gasteiger charge is 2.39. The van der Waals surface area contributed by atoms with Gasteiger partial charge in [0.05, 0.1) is 23.7 Å². The van der Waals surface area contributed by atoms with Crippen molar-refractivity contribution in [2.45, 2.75) is 12.5 Å². The van der Waals surface area contributed by atoms with Gasteiger partial charge >= 0.3 is 0 Å². The van der Waals surface area contributed by atoms with Gasteiger partial charge in [0.15, 0.2) is 0 Å². The Kier molecular flexibility index (Phi) is 2.64. The van der Waals surface area contributed by atoms with Gasteiger partial charge in [-0.3, -0.25) is 4.79 Å². The zero-order valence-corrected chi connectivity index (χ0v) is 9.46. The summed E-state index contributed by atoms with van der Waals surface area (Å²) in [6.07, 6.45) is 0. The van der Waals surface area contributed by atoms with Crippen molar-refractivity contribution in [3.05, 3.63) is 34.6 Å². The Morgan fingerprint density at radius 2 is 2.19 bits per heavy atom. The number of hydrogen-bond acceptors (Lipinski definition) is 2. The van der Waals surface area contributed by atoms with Crippen LogP contribution in [0.25, 0.3) is 0 Å². The van der Waals surface area contributed by atoms with Gasteiger partial charge in [-0.2, -0.15) is 0 Å². The molecule has 3 nitrogen and oxygen atoms in total. The third kappa shape index (κ3) is 2.03. The normalized spacial score (nSPS) is 18.1. The summed E-state index contributed by atoms with van der Waals surface area (Å²) < 4.78 is 12.9. The summed E-state index contributed by atoms with van der Waals surface area (Å²) in [4.78, 5) is 13.3. The number of benzene rings is 1. The van der Waals surface area contributed by atoms with Gasteiger partial charge in [0.1, 0.15) is 5.82 Å². The third-order valence-corrected chi connectivity index (χ3v) is 2.81. The van der Waals surface area contributed by atoms with Crippen molar-refractivity contribution in [2.24, 2.45) is 0 Å². The minimum absolute atomic E-state index is 0.0712. The maximum Gasteiger partial charge on any atom is 0.254 e. The monoisotopic (exact) mass is 243 g/mol. The molecule has 0 bridgehead atoms. The predicted molar refractivity (Wildman–Crippen MR) is 57.9 cm³/mol. The number of carbonyl (C=O) groups excluding carboxylic acids is 1. The fraction of sp³-hybridized carbons (Fsp3) is 0.364. The molecule has 1 aliphatic rings. The molecule has 0 atom stereocenters. The molecule has 86 valence electrons. The Labute approximate surface area is 97.4 Å². The van der Waals surface area contributed by atoms with Gasteiger partial charge in [0.2, 0.25) is 0 Å². The van der Waals surface area contributed by atoms with Crippen LogP contribution in [0.15, 0.2) is 18.2 Å². The molecule has 1 aromatic rings. The molecule has 1 N–H and O–H groups in total. The summed E-state index contributed by atoms with van der Waals surface area (Å²) >= 11 is 5.58. The lowest BCUT2D eigenvalue weighted by Crippen LogP contribution is -2.61. The fourth-order valence-corrected chi connectivity index (χ4v) is 1.91. The van der Waals surface area contributed by atoms with Gasteiger partial charge in [0, 0.05) is 5.56 Å². The van der Waals surface area contributed by atoms with Gasteiger partial charge in [-0.15, -0.1) is 0 Å². The van der Waals surface area contributed by atoms with Crippen LogP contribution in [0.5, 0.6) is 0 Å². The van der Waals surface area contributed by atoms with Gasteiger partial charge in [-0.25, -0.2) is 4.39 Å². The molecule has 0 saturated carbocycles. The van der Waals surface area contributed by atoms with E-state index < -0.39 is 11.4 Å². The maximum absolute atomic E-state index is 12.9. The lowest BCUT2D eigenvalue weighted by Gasteiger charge is -2.44. The molecule has 1 fully saturated rings. The number of β-amino-alcohol motifs (C(OH)–C–C–N with tert-alkyl or cyclic N) is 1. The van der Waals surface area contributed by atoms with E-state index in [9.17, 15) is 14.3 Å². The van der Waals surface area contributed by atoms with Gasteiger partial charge in [-0.1, -0.05) is 11.6 Å². The van der Waals surface area contributed by atoms with E-state index in [-0.39, 0.29) is 10.9 Å². The smallest absolute Gasteiger partial charge is 0.254 e. The van der Waals surface area contributed by atoms with Crippen molar-refractivity contribution in [2.75, 3.05) is 13.1 Å². The second kappa shape index (κ2) is 3.71. The van der Waals surface area contributed by atoms with Crippen LogP contribution in [0.3, 0.4) is 0 Å². The molecule has 0 aliphatic carbocycles. The number of likely N-dealkylation sites (tertiary alicyclic amines) is 1. The number of carbonyl (C=O) groups is 1. The van der Waals surface area contributed by atoms with Crippen LogP contribution in [-0.4, -0.2) is 34.6 Å². The van der Waals surface area contributed by atoms with E-state index in [0.29, 0.717) is 18.7 Å². The molecule has 1 aromatic carbocycles. The van der Waals surface area contributed by atoms with Crippen molar-refractivity contribution < 1.29 is 14.3 Å². The maximum atomic E-state index is 12.9. The summed E-state index contributed by atoms with van der Waals surface area (Å²) in [5, 5.41) is 9.43. The van der Waals surface area contributed by atoms with Crippen molar-refractivity contribution in [1.82, 2.24) is 4.90 Å². The predicted octanol–water partition coefficient (Wildman–Crippen LogP) is 1.69. The molecule has 0 radical (unpaired) electrons. The fourth-order valence-electron chi connectivity index (χ4n) is 1.73. The van der Waals surface area contributed by atoms with Gasteiger partial charge in [0.25, 0.3) is 5.91 Å². The molecule has 1 amide bonds. The minimum atomic E-state index is -0.806. The number of aliphatic hydroxyl groups is 1. The largest absolute Gasteiger partial charge is 0.386 e. The average molecular weight is 244 g/mol. The third-order valence-electron chi connectivity index (χ3n) is 2.52. The Bertz CT molecular complexity index is 440. The number of nitrogens with zero attached hydrogens (tertiary/aromatic N) is 1. The summed E-state index contributed by atoms with van der Waals surface area (Å²) in [6, 6.07) is 3.84. The van der Waals surface area contributed by atoms with Crippen LogP contribution < -0.4 is 0 Å². The first kappa shape index (κ1) is 11.4. The van der Waals surface area contributed by atoms with Crippen molar-refractivity contribution in [1.29, 1.82) is 0 Å². The number of halogens is 2. The van der Waals surface area contributed by atoms with E-state index in [0.717, 1.165) is 6.07 Å². The van der Waals surface area contributed by atoms with E-state index in [1.807, 2.05) is 0 Å². The molecule has 5 heteroatoms. The molecule has 0 spiro atoms. The van der Waals surface area contributed by atoms with E-state index in [1.54, 1.807) is 6.92 Å². The second-order valence-corrected chi connectivity index (χ2v) is 4.69. The Morgan fingerprint density at radius 3 is 2.69 bits per heavy atom. The number of hydrogen-bond donors (Lipinski definition) is 1. The molecule has 0 aromatic heterocycles. The number of rotatable bonds is 1.